The molecule has 2 amide bonds. The number of carbonyl (C=O) groups is 3. The van der Waals surface area contributed by atoms with E-state index >= 15 is 0 Å². The van der Waals surface area contributed by atoms with Gasteiger partial charge in [0.1, 0.15) is 5.60 Å². The van der Waals surface area contributed by atoms with E-state index in [1.165, 1.54) is 0 Å². The van der Waals surface area contributed by atoms with Gasteiger partial charge in [-0.25, -0.2) is 15.0 Å². The Kier molecular flexibility index (Phi) is 5.97. The quantitative estimate of drug-likeness (QED) is 0.488. The molecule has 0 radical (unpaired) electrons. The van der Waals surface area contributed by atoms with E-state index in [4.69, 9.17) is 9.99 Å². The largest absolute Gasteiger partial charge is 0.464 e. The molecule has 0 aliphatic carbocycles. The minimum absolute atomic E-state index is 0.202. The van der Waals surface area contributed by atoms with E-state index in [1.807, 2.05) is 5.43 Å². The predicted molar refractivity (Wildman–Crippen MR) is 55.5 cm³/mol. The highest BCUT2D eigenvalue weighted by Crippen LogP contribution is 2.08. The van der Waals surface area contributed by atoms with Gasteiger partial charge in [-0.1, -0.05) is 0 Å². The molecule has 0 aromatic carbocycles. The first-order valence-corrected chi connectivity index (χ1v) is 4.87. The monoisotopic (exact) mass is 248 g/mol. The maximum absolute atomic E-state index is 11.1. The van der Waals surface area contributed by atoms with Gasteiger partial charge in [0.25, 0.3) is 0 Å². The zero-order valence-electron chi connectivity index (χ0n) is 9.90. The van der Waals surface area contributed by atoms with Crippen LogP contribution in [0.4, 0.5) is 4.79 Å². The van der Waals surface area contributed by atoms with E-state index in [9.17, 15) is 14.4 Å². The molecule has 0 spiro atoms. The van der Waals surface area contributed by atoms with Gasteiger partial charge in [-0.05, 0) is 20.8 Å². The molecule has 0 aliphatic heterocycles. The summed E-state index contributed by atoms with van der Waals surface area (Å²) in [4.78, 5) is 41.2. The maximum Gasteiger partial charge on any atom is 0.423 e. The number of hydrogen-bond acceptors (Lipinski definition) is 5. The molecule has 8 nitrogen and oxygen atoms in total. The van der Waals surface area contributed by atoms with Gasteiger partial charge in [0.15, 0.2) is 0 Å². The molecule has 0 saturated carbocycles. The summed E-state index contributed by atoms with van der Waals surface area (Å²) < 4.78 is 0. The molecular formula is C9H16N2O6. The Morgan fingerprint density at radius 3 is 2.18 bits per heavy atom. The van der Waals surface area contributed by atoms with Crippen LogP contribution in [0.15, 0.2) is 0 Å². The first-order valence-electron chi connectivity index (χ1n) is 4.87. The van der Waals surface area contributed by atoms with Crippen molar-refractivity contribution in [2.45, 2.75) is 39.2 Å². The van der Waals surface area contributed by atoms with Crippen LogP contribution in [-0.4, -0.2) is 28.7 Å². The van der Waals surface area contributed by atoms with E-state index < -0.39 is 23.6 Å². The van der Waals surface area contributed by atoms with Crippen LogP contribution in [0, 0.1) is 0 Å². The van der Waals surface area contributed by atoms with Crippen LogP contribution >= 0.6 is 0 Å². The molecule has 0 rings (SSSR count). The maximum atomic E-state index is 11.1. The Morgan fingerprint density at radius 2 is 1.71 bits per heavy atom. The van der Waals surface area contributed by atoms with Crippen molar-refractivity contribution in [3.63, 3.8) is 0 Å². The van der Waals surface area contributed by atoms with Crippen molar-refractivity contribution >= 4 is 18.0 Å². The number of amides is 2. The van der Waals surface area contributed by atoms with Crippen molar-refractivity contribution in [3.05, 3.63) is 0 Å². The molecule has 98 valence electrons. The summed E-state index contributed by atoms with van der Waals surface area (Å²) in [5.74, 6) is -1.34. The van der Waals surface area contributed by atoms with Gasteiger partial charge in [-0.3, -0.25) is 15.1 Å². The molecule has 0 bridgehead atoms. The van der Waals surface area contributed by atoms with Crippen molar-refractivity contribution in [3.8, 4) is 0 Å². The number of rotatable bonds is 4. The Bertz CT molecular complexity index is 296. The Hall–Kier alpha value is -1.83. The SMILES string of the molecule is CC(C)(C)OOC(=O)CCC(=O)NNC(=O)O. The van der Waals surface area contributed by atoms with E-state index in [2.05, 4.69) is 4.89 Å². The van der Waals surface area contributed by atoms with Crippen LogP contribution in [0.1, 0.15) is 33.6 Å². The first kappa shape index (κ1) is 15.2. The highest BCUT2D eigenvalue weighted by molar-refractivity contribution is 5.82. The fourth-order valence-corrected chi connectivity index (χ4v) is 0.614. The molecule has 17 heavy (non-hydrogen) atoms. The van der Waals surface area contributed by atoms with Gasteiger partial charge in [-0.15, -0.1) is 0 Å². The zero-order valence-corrected chi connectivity index (χ0v) is 9.90. The first-order chi connectivity index (χ1) is 7.70. The molecular weight excluding hydrogens is 232 g/mol. The average molecular weight is 248 g/mol. The highest BCUT2D eigenvalue weighted by atomic mass is 17.2. The molecule has 0 unspecified atom stereocenters. The fourth-order valence-electron chi connectivity index (χ4n) is 0.614. The summed E-state index contributed by atoms with van der Waals surface area (Å²) >= 11 is 0. The standard InChI is InChI=1S/C9H16N2O6/c1-9(2,3)17-16-7(13)5-4-6(12)10-11-8(14)15/h11H,4-5H2,1-3H3,(H,10,12)(H,14,15). The molecule has 0 aromatic heterocycles. The van der Waals surface area contributed by atoms with Crippen molar-refractivity contribution in [1.29, 1.82) is 0 Å². The predicted octanol–water partition coefficient (Wildman–Crippen LogP) is 0.339. The molecule has 0 saturated heterocycles. The van der Waals surface area contributed by atoms with Gasteiger partial charge in [0.2, 0.25) is 5.91 Å². The summed E-state index contributed by atoms with van der Waals surface area (Å²) in [6.07, 6.45) is -1.80. The second-order valence-corrected chi connectivity index (χ2v) is 4.13. The molecule has 0 heterocycles. The molecule has 0 atom stereocenters. The lowest BCUT2D eigenvalue weighted by molar-refractivity contribution is -0.320. The summed E-state index contributed by atoms with van der Waals surface area (Å²) in [5.41, 5.74) is 2.91. The van der Waals surface area contributed by atoms with E-state index in [1.54, 1.807) is 26.2 Å². The van der Waals surface area contributed by atoms with E-state index in [-0.39, 0.29) is 12.8 Å². The zero-order chi connectivity index (χ0) is 13.5. The van der Waals surface area contributed by atoms with Gasteiger partial charge in [0.05, 0.1) is 6.42 Å². The van der Waals surface area contributed by atoms with Gasteiger partial charge >= 0.3 is 12.1 Å². The van der Waals surface area contributed by atoms with Crippen LogP contribution < -0.4 is 10.9 Å². The van der Waals surface area contributed by atoms with Crippen molar-refractivity contribution in [2.24, 2.45) is 0 Å². The van der Waals surface area contributed by atoms with E-state index in [0.29, 0.717) is 0 Å². The normalized spacial score (nSPS) is 10.5. The Balaban J connectivity index is 3.70. The molecule has 8 heteroatoms. The third kappa shape index (κ3) is 10.5. The second kappa shape index (κ2) is 6.69. The smallest absolute Gasteiger partial charge is 0.423 e. The third-order valence-electron chi connectivity index (χ3n) is 1.25. The number of carboxylic acid groups (broad SMARTS) is 1. The lowest BCUT2D eigenvalue weighted by Crippen LogP contribution is -2.40. The molecule has 0 fully saturated rings. The van der Waals surface area contributed by atoms with Gasteiger partial charge < -0.3 is 5.11 Å². The second-order valence-electron chi connectivity index (χ2n) is 4.13. The molecule has 3 N–H and O–H groups in total. The van der Waals surface area contributed by atoms with Crippen molar-refractivity contribution in [2.75, 3.05) is 0 Å². The molecule has 0 aromatic rings. The number of carbonyl (C=O) groups excluding carboxylic acids is 2. The highest BCUT2D eigenvalue weighted by Gasteiger charge is 2.16. The van der Waals surface area contributed by atoms with Crippen molar-refractivity contribution in [1.82, 2.24) is 10.9 Å². The minimum atomic E-state index is -1.39. The Morgan fingerprint density at radius 1 is 1.12 bits per heavy atom. The lowest BCUT2D eigenvalue weighted by atomic mass is 10.2. The third-order valence-corrected chi connectivity index (χ3v) is 1.25. The lowest BCUT2D eigenvalue weighted by Gasteiger charge is -2.16. The summed E-state index contributed by atoms with van der Waals surface area (Å²) in [7, 11) is 0. The topological polar surface area (TPSA) is 114 Å². The summed E-state index contributed by atoms with van der Waals surface area (Å²) in [6, 6.07) is 0. The van der Waals surface area contributed by atoms with Crippen LogP contribution in [-0.2, 0) is 19.4 Å². The Labute approximate surface area is 98.2 Å². The van der Waals surface area contributed by atoms with Crippen LogP contribution in [0.25, 0.3) is 0 Å². The van der Waals surface area contributed by atoms with Crippen LogP contribution in [0.2, 0.25) is 0 Å². The van der Waals surface area contributed by atoms with E-state index in [0.717, 1.165) is 0 Å². The molecule has 0 aliphatic rings. The summed E-state index contributed by atoms with van der Waals surface area (Å²) in [5, 5.41) is 8.18. The average Bonchev–Trinajstić information content (AvgIpc) is 2.19. The van der Waals surface area contributed by atoms with Gasteiger partial charge in [-0.2, -0.15) is 4.89 Å². The number of hydrogen-bond donors (Lipinski definition) is 3. The minimum Gasteiger partial charge on any atom is -0.464 e. The fraction of sp³-hybridized carbons (Fsp3) is 0.667. The van der Waals surface area contributed by atoms with Crippen molar-refractivity contribution < 1.29 is 29.3 Å². The van der Waals surface area contributed by atoms with Gasteiger partial charge in [0, 0.05) is 6.42 Å². The number of hydrazine groups is 1. The summed E-state index contributed by atoms with van der Waals surface area (Å²) in [6.45, 7) is 5.09. The van der Waals surface area contributed by atoms with Crippen LogP contribution in [0.3, 0.4) is 0 Å². The number of nitrogens with one attached hydrogen (secondary N) is 2. The van der Waals surface area contributed by atoms with Crippen LogP contribution in [0.5, 0.6) is 0 Å².